The first-order valence-electron chi connectivity index (χ1n) is 4.88. The van der Waals surface area contributed by atoms with Gasteiger partial charge in [-0.2, -0.15) is 0 Å². The lowest BCUT2D eigenvalue weighted by Crippen LogP contribution is -2.34. The van der Waals surface area contributed by atoms with E-state index in [1.165, 1.54) is 19.2 Å². The lowest BCUT2D eigenvalue weighted by molar-refractivity contribution is 0.0679. The quantitative estimate of drug-likeness (QED) is 0.809. The number of halogens is 1. The van der Waals surface area contributed by atoms with Gasteiger partial charge in [-0.15, -0.1) is 0 Å². The molecule has 0 aliphatic rings. The molecule has 1 aromatic rings. The minimum Gasteiger partial charge on any atom is -0.389 e. The SMILES string of the molecule is COCC(O)CNS(=O)(=O)c1cccc(Br)c1. The zero-order chi connectivity index (χ0) is 12.9. The van der Waals surface area contributed by atoms with Crippen molar-refractivity contribution in [2.24, 2.45) is 0 Å². The number of rotatable bonds is 6. The van der Waals surface area contributed by atoms with Crippen LogP contribution in [0, 0.1) is 0 Å². The monoisotopic (exact) mass is 323 g/mol. The number of hydrogen-bond donors (Lipinski definition) is 2. The van der Waals surface area contributed by atoms with Gasteiger partial charge in [0.1, 0.15) is 0 Å². The number of aliphatic hydroxyl groups is 1. The number of aliphatic hydroxyl groups excluding tert-OH is 1. The van der Waals surface area contributed by atoms with Crippen LogP contribution in [0.5, 0.6) is 0 Å². The summed E-state index contributed by atoms with van der Waals surface area (Å²) in [6, 6.07) is 6.34. The van der Waals surface area contributed by atoms with E-state index in [0.29, 0.717) is 4.47 Å². The summed E-state index contributed by atoms with van der Waals surface area (Å²) in [5.74, 6) is 0. The van der Waals surface area contributed by atoms with Crippen molar-refractivity contribution in [3.05, 3.63) is 28.7 Å². The Balaban J connectivity index is 2.69. The average molecular weight is 324 g/mol. The van der Waals surface area contributed by atoms with E-state index in [4.69, 9.17) is 4.74 Å². The van der Waals surface area contributed by atoms with Crippen LogP contribution in [0.1, 0.15) is 0 Å². The molecule has 0 bridgehead atoms. The van der Waals surface area contributed by atoms with Gasteiger partial charge < -0.3 is 9.84 Å². The van der Waals surface area contributed by atoms with E-state index in [1.807, 2.05) is 0 Å². The zero-order valence-corrected chi connectivity index (χ0v) is 11.7. The Hall–Kier alpha value is -0.470. The third kappa shape index (κ3) is 4.72. The topological polar surface area (TPSA) is 75.6 Å². The molecule has 0 saturated heterocycles. The lowest BCUT2D eigenvalue weighted by Gasteiger charge is -2.11. The van der Waals surface area contributed by atoms with Crippen molar-refractivity contribution in [2.75, 3.05) is 20.3 Å². The molecule has 5 nitrogen and oxygen atoms in total. The predicted octanol–water partition coefficient (Wildman–Crippen LogP) is 0.735. The van der Waals surface area contributed by atoms with Crippen LogP contribution in [0.2, 0.25) is 0 Å². The highest BCUT2D eigenvalue weighted by atomic mass is 79.9. The average Bonchev–Trinajstić information content (AvgIpc) is 2.27. The molecule has 0 aromatic heterocycles. The van der Waals surface area contributed by atoms with Crippen LogP contribution in [0.25, 0.3) is 0 Å². The maximum absolute atomic E-state index is 11.8. The molecule has 0 spiro atoms. The van der Waals surface area contributed by atoms with E-state index < -0.39 is 16.1 Å². The van der Waals surface area contributed by atoms with Gasteiger partial charge >= 0.3 is 0 Å². The van der Waals surface area contributed by atoms with Gasteiger partial charge in [0.2, 0.25) is 10.0 Å². The summed E-state index contributed by atoms with van der Waals surface area (Å²) >= 11 is 3.20. The summed E-state index contributed by atoms with van der Waals surface area (Å²) in [6.45, 7) is 0.00366. The van der Waals surface area contributed by atoms with Gasteiger partial charge in [0.15, 0.2) is 0 Å². The first-order chi connectivity index (χ1) is 7.95. The second-order valence-corrected chi connectivity index (χ2v) is 6.10. The predicted molar refractivity (Wildman–Crippen MR) is 67.2 cm³/mol. The number of ether oxygens (including phenoxy) is 1. The molecular weight excluding hydrogens is 310 g/mol. The molecule has 1 atom stereocenters. The van der Waals surface area contributed by atoms with Crippen molar-refractivity contribution in [1.29, 1.82) is 0 Å². The number of benzene rings is 1. The van der Waals surface area contributed by atoms with Crippen molar-refractivity contribution in [3.8, 4) is 0 Å². The Morgan fingerprint density at radius 1 is 1.53 bits per heavy atom. The van der Waals surface area contributed by atoms with E-state index in [9.17, 15) is 13.5 Å². The molecule has 0 aliphatic carbocycles. The van der Waals surface area contributed by atoms with Crippen LogP contribution >= 0.6 is 15.9 Å². The van der Waals surface area contributed by atoms with Crippen LogP contribution in [0.3, 0.4) is 0 Å². The van der Waals surface area contributed by atoms with Crippen LogP contribution in [0.4, 0.5) is 0 Å². The molecule has 0 saturated carbocycles. The smallest absolute Gasteiger partial charge is 0.240 e. The number of hydrogen-bond acceptors (Lipinski definition) is 4. The molecule has 17 heavy (non-hydrogen) atoms. The van der Waals surface area contributed by atoms with Crippen molar-refractivity contribution >= 4 is 26.0 Å². The van der Waals surface area contributed by atoms with Gasteiger partial charge in [0, 0.05) is 18.1 Å². The fraction of sp³-hybridized carbons (Fsp3) is 0.400. The van der Waals surface area contributed by atoms with Gasteiger partial charge in [0.05, 0.1) is 17.6 Å². The summed E-state index contributed by atoms with van der Waals surface area (Å²) in [4.78, 5) is 0.150. The maximum atomic E-state index is 11.8. The second-order valence-electron chi connectivity index (χ2n) is 3.42. The molecule has 1 rings (SSSR count). The molecular formula is C10H14BrNO4S. The van der Waals surface area contributed by atoms with Crippen LogP contribution in [-0.4, -0.2) is 39.9 Å². The Morgan fingerprint density at radius 3 is 2.82 bits per heavy atom. The minimum atomic E-state index is -3.59. The standard InChI is InChI=1S/C10H14BrNO4S/c1-16-7-9(13)6-12-17(14,15)10-4-2-3-8(11)5-10/h2-5,9,12-13H,6-7H2,1H3. The molecule has 0 aliphatic heterocycles. The lowest BCUT2D eigenvalue weighted by atomic mass is 10.4. The summed E-state index contributed by atoms with van der Waals surface area (Å²) in [5, 5.41) is 9.35. The first kappa shape index (κ1) is 14.6. The fourth-order valence-corrected chi connectivity index (χ4v) is 2.84. The highest BCUT2D eigenvalue weighted by Gasteiger charge is 2.15. The van der Waals surface area contributed by atoms with Crippen LogP contribution < -0.4 is 4.72 Å². The molecule has 96 valence electrons. The van der Waals surface area contributed by atoms with Crippen molar-refractivity contribution in [1.82, 2.24) is 4.72 Å². The van der Waals surface area contributed by atoms with E-state index in [-0.39, 0.29) is 18.0 Å². The highest BCUT2D eigenvalue weighted by Crippen LogP contribution is 2.15. The molecule has 0 fully saturated rings. The van der Waals surface area contributed by atoms with Crippen LogP contribution in [-0.2, 0) is 14.8 Å². The van der Waals surface area contributed by atoms with Crippen molar-refractivity contribution in [2.45, 2.75) is 11.0 Å². The molecule has 0 amide bonds. The van der Waals surface area contributed by atoms with E-state index in [0.717, 1.165) is 0 Å². The molecule has 2 N–H and O–H groups in total. The summed E-state index contributed by atoms with van der Waals surface area (Å²) < 4.78 is 31.3. The fourth-order valence-electron chi connectivity index (χ4n) is 1.17. The van der Waals surface area contributed by atoms with Gasteiger partial charge in [-0.3, -0.25) is 0 Å². The van der Waals surface area contributed by atoms with Gasteiger partial charge in [-0.25, -0.2) is 13.1 Å². The first-order valence-corrected chi connectivity index (χ1v) is 7.15. The Bertz CT molecular complexity index is 463. The van der Waals surface area contributed by atoms with E-state index in [2.05, 4.69) is 20.7 Å². The second kappa shape index (κ2) is 6.46. The maximum Gasteiger partial charge on any atom is 0.240 e. The third-order valence-corrected chi connectivity index (χ3v) is 3.89. The number of nitrogens with one attached hydrogen (secondary N) is 1. The molecule has 7 heteroatoms. The molecule has 0 heterocycles. The Labute approximate surface area is 109 Å². The largest absolute Gasteiger partial charge is 0.389 e. The Morgan fingerprint density at radius 2 is 2.24 bits per heavy atom. The van der Waals surface area contributed by atoms with E-state index >= 15 is 0 Å². The molecule has 1 aromatic carbocycles. The van der Waals surface area contributed by atoms with Gasteiger partial charge in [-0.05, 0) is 18.2 Å². The molecule has 0 radical (unpaired) electrons. The van der Waals surface area contributed by atoms with Gasteiger partial charge in [0.25, 0.3) is 0 Å². The number of sulfonamides is 1. The summed E-state index contributed by atoms with van der Waals surface area (Å²) in [5.41, 5.74) is 0. The third-order valence-electron chi connectivity index (χ3n) is 1.97. The summed E-state index contributed by atoms with van der Waals surface area (Å²) in [7, 11) is -2.16. The van der Waals surface area contributed by atoms with Crippen LogP contribution in [0.15, 0.2) is 33.6 Å². The number of methoxy groups -OCH3 is 1. The van der Waals surface area contributed by atoms with Crippen molar-refractivity contribution in [3.63, 3.8) is 0 Å². The highest BCUT2D eigenvalue weighted by molar-refractivity contribution is 9.10. The van der Waals surface area contributed by atoms with E-state index in [1.54, 1.807) is 12.1 Å². The normalized spacial score (nSPS) is 13.6. The van der Waals surface area contributed by atoms with Crippen molar-refractivity contribution < 1.29 is 18.3 Å². The molecule has 1 unspecified atom stereocenters. The Kier molecular flexibility index (Phi) is 5.54. The van der Waals surface area contributed by atoms with Gasteiger partial charge in [-0.1, -0.05) is 22.0 Å². The minimum absolute atomic E-state index is 0.0807. The summed E-state index contributed by atoms with van der Waals surface area (Å²) in [6.07, 6.45) is -0.859. The zero-order valence-electron chi connectivity index (χ0n) is 9.26.